The van der Waals surface area contributed by atoms with Crippen molar-refractivity contribution in [3.05, 3.63) is 41.9 Å². The van der Waals surface area contributed by atoms with Crippen molar-refractivity contribution in [2.75, 3.05) is 11.9 Å². The van der Waals surface area contributed by atoms with Gasteiger partial charge in [0.25, 0.3) is 0 Å². The lowest BCUT2D eigenvalue weighted by molar-refractivity contribution is 0.711. The molecule has 0 fully saturated rings. The second-order valence-electron chi connectivity index (χ2n) is 3.92. The predicted octanol–water partition coefficient (Wildman–Crippen LogP) is 1.10. The topological polar surface area (TPSA) is 68.8 Å². The molecular weight excluding hydrogens is 246 g/mol. The lowest BCUT2D eigenvalue weighted by atomic mass is 10.2. The number of pyridine rings is 1. The number of nitrogens with zero attached hydrogens (tertiary/aromatic N) is 3. The first-order chi connectivity index (χ1) is 8.66. The maximum Gasteiger partial charge on any atom is 0.126 e. The van der Waals surface area contributed by atoms with Crippen LogP contribution in [-0.4, -0.2) is 26.3 Å². The number of anilines is 1. The van der Waals surface area contributed by atoms with Gasteiger partial charge in [-0.05, 0) is 18.2 Å². The average Bonchev–Trinajstić information content (AvgIpc) is 2.76. The highest BCUT2D eigenvalue weighted by atomic mass is 32.1. The summed E-state index contributed by atoms with van der Waals surface area (Å²) in [6, 6.07) is 5.65. The number of aromatic nitrogens is 3. The first kappa shape index (κ1) is 12.5. The number of hydrogen-bond donors (Lipinski definition) is 2. The van der Waals surface area contributed by atoms with Crippen LogP contribution in [0.1, 0.15) is 11.3 Å². The Morgan fingerprint density at radius 3 is 2.94 bits per heavy atom. The van der Waals surface area contributed by atoms with Crippen molar-refractivity contribution >= 4 is 23.0 Å². The maximum absolute atomic E-state index is 5.57. The van der Waals surface area contributed by atoms with Gasteiger partial charge in [0.05, 0.1) is 0 Å². The van der Waals surface area contributed by atoms with E-state index in [0.29, 0.717) is 4.99 Å². The Morgan fingerprint density at radius 1 is 1.44 bits per heavy atom. The molecule has 5 nitrogen and oxygen atoms in total. The third kappa shape index (κ3) is 3.04. The van der Waals surface area contributed by atoms with Gasteiger partial charge in [0.1, 0.15) is 10.8 Å². The Hall–Kier alpha value is -1.95. The minimum Gasteiger partial charge on any atom is -0.389 e. The zero-order chi connectivity index (χ0) is 13.0. The molecule has 0 atom stereocenters. The van der Waals surface area contributed by atoms with E-state index in [1.165, 1.54) is 5.69 Å². The molecule has 0 spiro atoms. The molecule has 0 aliphatic rings. The van der Waals surface area contributed by atoms with Gasteiger partial charge in [-0.25, -0.2) is 4.98 Å². The highest BCUT2D eigenvalue weighted by molar-refractivity contribution is 7.80. The number of nitrogens with two attached hydrogens (primary N) is 1. The second kappa shape index (κ2) is 5.59. The summed E-state index contributed by atoms with van der Waals surface area (Å²) < 4.78 is 1.86. The molecule has 18 heavy (non-hydrogen) atoms. The predicted molar refractivity (Wildman–Crippen MR) is 75.5 cm³/mol. The summed E-state index contributed by atoms with van der Waals surface area (Å²) in [6.45, 7) is 0.785. The summed E-state index contributed by atoms with van der Waals surface area (Å²) in [4.78, 5) is 4.60. The molecule has 0 aliphatic carbocycles. The molecule has 3 N–H and O–H groups in total. The Kier molecular flexibility index (Phi) is 3.88. The van der Waals surface area contributed by atoms with Crippen molar-refractivity contribution in [2.45, 2.75) is 6.42 Å². The average molecular weight is 261 g/mol. The fourth-order valence-electron chi connectivity index (χ4n) is 1.65. The summed E-state index contributed by atoms with van der Waals surface area (Å²) in [6.07, 6.45) is 4.37. The monoisotopic (exact) mass is 261 g/mol. The van der Waals surface area contributed by atoms with Gasteiger partial charge in [0, 0.05) is 43.7 Å². The lowest BCUT2D eigenvalue weighted by Crippen LogP contribution is -2.12. The van der Waals surface area contributed by atoms with Gasteiger partial charge < -0.3 is 11.1 Å². The Morgan fingerprint density at radius 2 is 2.28 bits per heavy atom. The van der Waals surface area contributed by atoms with Gasteiger partial charge in [-0.15, -0.1) is 0 Å². The first-order valence-electron chi connectivity index (χ1n) is 5.63. The fourth-order valence-corrected chi connectivity index (χ4v) is 1.77. The highest BCUT2D eigenvalue weighted by Gasteiger charge is 2.01. The van der Waals surface area contributed by atoms with Crippen LogP contribution in [0.15, 0.2) is 30.6 Å². The zero-order valence-corrected chi connectivity index (χ0v) is 10.9. The fraction of sp³-hybridized carbons (Fsp3) is 0.250. The molecular formula is C12H15N5S. The maximum atomic E-state index is 5.57. The van der Waals surface area contributed by atoms with Gasteiger partial charge in [0.15, 0.2) is 0 Å². The standard InChI is InChI=1S/C12H15N5S/c1-17-10(4-7-16-17)3-6-15-11-8-9(12(13)18)2-5-14-11/h2,4-5,7-8H,3,6H2,1H3,(H2,13,18)(H,14,15). The number of thiocarbonyl (C=S) groups is 1. The van der Waals surface area contributed by atoms with Crippen LogP contribution < -0.4 is 11.1 Å². The highest BCUT2D eigenvalue weighted by Crippen LogP contribution is 2.07. The molecule has 0 unspecified atom stereocenters. The number of rotatable bonds is 5. The minimum atomic E-state index is 0.382. The molecule has 2 heterocycles. The van der Waals surface area contributed by atoms with Crippen molar-refractivity contribution in [3.8, 4) is 0 Å². The second-order valence-corrected chi connectivity index (χ2v) is 4.36. The van der Waals surface area contributed by atoms with Gasteiger partial charge in [-0.2, -0.15) is 5.10 Å². The number of nitrogens with one attached hydrogen (secondary N) is 1. The van der Waals surface area contributed by atoms with Crippen LogP contribution in [0.3, 0.4) is 0 Å². The molecule has 0 amide bonds. The van der Waals surface area contributed by atoms with E-state index < -0.39 is 0 Å². The summed E-state index contributed by atoms with van der Waals surface area (Å²) in [7, 11) is 1.93. The summed E-state index contributed by atoms with van der Waals surface area (Å²) in [5.41, 5.74) is 7.57. The Balaban J connectivity index is 1.92. The normalized spacial score (nSPS) is 10.3. The first-order valence-corrected chi connectivity index (χ1v) is 6.04. The van der Waals surface area contributed by atoms with E-state index in [-0.39, 0.29) is 0 Å². The summed E-state index contributed by atoms with van der Waals surface area (Å²) in [5.74, 6) is 0.780. The smallest absolute Gasteiger partial charge is 0.126 e. The number of hydrogen-bond acceptors (Lipinski definition) is 4. The van der Waals surface area contributed by atoms with Crippen molar-refractivity contribution in [1.29, 1.82) is 0 Å². The molecule has 0 saturated carbocycles. The van der Waals surface area contributed by atoms with E-state index in [9.17, 15) is 0 Å². The van der Waals surface area contributed by atoms with E-state index in [0.717, 1.165) is 24.3 Å². The summed E-state index contributed by atoms with van der Waals surface area (Å²) >= 11 is 4.93. The largest absolute Gasteiger partial charge is 0.389 e. The molecule has 0 saturated heterocycles. The SMILES string of the molecule is Cn1nccc1CCNc1cc(C(N)=S)ccn1. The van der Waals surface area contributed by atoms with Gasteiger partial charge in [-0.3, -0.25) is 4.68 Å². The van der Waals surface area contributed by atoms with Crippen LogP contribution in [0.4, 0.5) is 5.82 Å². The Bertz CT molecular complexity index is 549. The van der Waals surface area contributed by atoms with Gasteiger partial charge >= 0.3 is 0 Å². The van der Waals surface area contributed by atoms with Crippen LogP contribution in [0.5, 0.6) is 0 Å². The van der Waals surface area contributed by atoms with E-state index in [4.69, 9.17) is 18.0 Å². The zero-order valence-electron chi connectivity index (χ0n) is 10.1. The molecule has 2 aromatic rings. The molecule has 2 aromatic heterocycles. The van der Waals surface area contributed by atoms with E-state index >= 15 is 0 Å². The van der Waals surface area contributed by atoms with Crippen LogP contribution in [0.25, 0.3) is 0 Å². The molecule has 0 bridgehead atoms. The molecule has 0 aromatic carbocycles. The lowest BCUT2D eigenvalue weighted by Gasteiger charge is -2.07. The van der Waals surface area contributed by atoms with Crippen LogP contribution >= 0.6 is 12.2 Å². The van der Waals surface area contributed by atoms with Crippen molar-refractivity contribution in [2.24, 2.45) is 12.8 Å². The third-order valence-corrected chi connectivity index (χ3v) is 2.89. The van der Waals surface area contributed by atoms with E-state index in [2.05, 4.69) is 15.4 Å². The molecule has 0 radical (unpaired) electrons. The minimum absolute atomic E-state index is 0.382. The van der Waals surface area contributed by atoms with E-state index in [1.807, 2.05) is 23.9 Å². The number of aryl methyl sites for hydroxylation is 1. The molecule has 94 valence electrons. The van der Waals surface area contributed by atoms with Crippen LogP contribution in [-0.2, 0) is 13.5 Å². The van der Waals surface area contributed by atoms with E-state index in [1.54, 1.807) is 18.5 Å². The quantitative estimate of drug-likeness (QED) is 0.789. The molecule has 6 heteroatoms. The van der Waals surface area contributed by atoms with Crippen molar-refractivity contribution in [3.63, 3.8) is 0 Å². The Labute approximate surface area is 111 Å². The van der Waals surface area contributed by atoms with Crippen LogP contribution in [0, 0.1) is 0 Å². The third-order valence-electron chi connectivity index (χ3n) is 2.65. The molecule has 0 aliphatic heterocycles. The summed E-state index contributed by atoms with van der Waals surface area (Å²) in [5, 5.41) is 7.36. The van der Waals surface area contributed by atoms with Crippen molar-refractivity contribution in [1.82, 2.24) is 14.8 Å². The van der Waals surface area contributed by atoms with Gasteiger partial charge in [-0.1, -0.05) is 12.2 Å². The van der Waals surface area contributed by atoms with Crippen molar-refractivity contribution < 1.29 is 0 Å². The molecule has 2 rings (SSSR count). The van der Waals surface area contributed by atoms with Crippen LogP contribution in [0.2, 0.25) is 0 Å². The van der Waals surface area contributed by atoms with Gasteiger partial charge in [0.2, 0.25) is 0 Å².